The van der Waals surface area contributed by atoms with Crippen LogP contribution in [0.5, 0.6) is 5.75 Å². The number of benzene rings is 1. The Morgan fingerprint density at radius 3 is 2.52 bits per heavy atom. The quantitative estimate of drug-likeness (QED) is 0.835. The SMILES string of the molecule is COc1cc(NS(=O)(=O)C2CCCC2)ccc1N1CCCCS1(=O)=O. The minimum absolute atomic E-state index is 0.117. The van der Waals surface area contributed by atoms with Gasteiger partial charge in [0.1, 0.15) is 5.75 Å². The van der Waals surface area contributed by atoms with Gasteiger partial charge < -0.3 is 4.74 Å². The Labute approximate surface area is 149 Å². The molecule has 2 aliphatic rings. The maximum absolute atomic E-state index is 12.4. The summed E-state index contributed by atoms with van der Waals surface area (Å²) in [6.45, 7) is 0.409. The number of nitrogens with one attached hydrogen (secondary N) is 1. The van der Waals surface area contributed by atoms with Crippen LogP contribution in [0.4, 0.5) is 11.4 Å². The van der Waals surface area contributed by atoms with Crippen molar-refractivity contribution in [1.29, 1.82) is 0 Å². The van der Waals surface area contributed by atoms with Crippen LogP contribution in [-0.2, 0) is 20.0 Å². The molecular weight excluding hydrogens is 364 g/mol. The van der Waals surface area contributed by atoms with Crippen LogP contribution in [0, 0.1) is 0 Å². The van der Waals surface area contributed by atoms with Crippen LogP contribution in [0.1, 0.15) is 38.5 Å². The van der Waals surface area contributed by atoms with Crippen LogP contribution in [-0.4, -0.2) is 41.5 Å². The summed E-state index contributed by atoms with van der Waals surface area (Å²) in [6, 6.07) is 4.74. The first kappa shape index (κ1) is 18.3. The van der Waals surface area contributed by atoms with Crippen molar-refractivity contribution in [3.63, 3.8) is 0 Å². The van der Waals surface area contributed by atoms with Crippen molar-refractivity contribution in [2.24, 2.45) is 0 Å². The van der Waals surface area contributed by atoms with Crippen LogP contribution < -0.4 is 13.8 Å². The Balaban J connectivity index is 1.87. The highest BCUT2D eigenvalue weighted by atomic mass is 32.2. The highest BCUT2D eigenvalue weighted by Gasteiger charge is 2.30. The first-order valence-electron chi connectivity index (χ1n) is 8.53. The average Bonchev–Trinajstić information content (AvgIpc) is 3.10. The van der Waals surface area contributed by atoms with Gasteiger partial charge in [0, 0.05) is 12.6 Å². The number of nitrogens with zero attached hydrogens (tertiary/aromatic N) is 1. The van der Waals surface area contributed by atoms with E-state index in [1.54, 1.807) is 18.2 Å². The molecule has 1 aromatic carbocycles. The van der Waals surface area contributed by atoms with Crippen molar-refractivity contribution in [1.82, 2.24) is 0 Å². The fraction of sp³-hybridized carbons (Fsp3) is 0.625. The monoisotopic (exact) mass is 388 g/mol. The topological polar surface area (TPSA) is 92.8 Å². The maximum atomic E-state index is 12.4. The predicted octanol–water partition coefficient (Wildman–Crippen LogP) is 2.31. The lowest BCUT2D eigenvalue weighted by atomic mass is 10.2. The second kappa shape index (κ2) is 7.03. The normalized spacial score (nSPS) is 21.2. The summed E-state index contributed by atoms with van der Waals surface area (Å²) in [4.78, 5) is 0. The van der Waals surface area contributed by atoms with Gasteiger partial charge in [-0.05, 0) is 37.8 Å². The molecule has 0 bridgehead atoms. The fourth-order valence-electron chi connectivity index (χ4n) is 3.45. The third-order valence-corrected chi connectivity index (χ3v) is 8.52. The number of hydrogen-bond acceptors (Lipinski definition) is 5. The molecule has 1 saturated carbocycles. The minimum Gasteiger partial charge on any atom is -0.494 e. The first-order valence-corrected chi connectivity index (χ1v) is 11.7. The third-order valence-electron chi connectivity index (χ3n) is 4.80. The smallest absolute Gasteiger partial charge is 0.235 e. The van der Waals surface area contributed by atoms with Gasteiger partial charge in [0.15, 0.2) is 0 Å². The van der Waals surface area contributed by atoms with Gasteiger partial charge in [-0.2, -0.15) is 0 Å². The van der Waals surface area contributed by atoms with E-state index in [0.29, 0.717) is 42.9 Å². The van der Waals surface area contributed by atoms with Crippen molar-refractivity contribution >= 4 is 31.4 Å². The predicted molar refractivity (Wildman–Crippen MR) is 98.2 cm³/mol. The maximum Gasteiger partial charge on any atom is 0.235 e. The van der Waals surface area contributed by atoms with Gasteiger partial charge in [-0.1, -0.05) is 12.8 Å². The summed E-state index contributed by atoms with van der Waals surface area (Å²) >= 11 is 0. The Bertz CT molecular complexity index is 830. The molecule has 1 saturated heterocycles. The summed E-state index contributed by atoms with van der Waals surface area (Å²) in [5.41, 5.74) is 0.841. The molecular formula is C16H24N2O5S2. The molecule has 25 heavy (non-hydrogen) atoms. The van der Waals surface area contributed by atoms with Gasteiger partial charge in [0.2, 0.25) is 20.0 Å². The average molecular weight is 389 g/mol. The van der Waals surface area contributed by atoms with Gasteiger partial charge in [-0.25, -0.2) is 16.8 Å². The second-order valence-electron chi connectivity index (χ2n) is 6.54. The Morgan fingerprint density at radius 2 is 1.88 bits per heavy atom. The summed E-state index contributed by atoms with van der Waals surface area (Å²) in [5, 5.41) is -0.361. The lowest BCUT2D eigenvalue weighted by Crippen LogP contribution is -2.38. The Morgan fingerprint density at radius 1 is 1.16 bits per heavy atom. The van der Waals surface area contributed by atoms with E-state index >= 15 is 0 Å². The molecule has 0 spiro atoms. The van der Waals surface area contributed by atoms with Gasteiger partial charge in [-0.3, -0.25) is 9.03 Å². The first-order chi connectivity index (χ1) is 11.8. The number of rotatable bonds is 5. The van der Waals surface area contributed by atoms with Crippen molar-refractivity contribution in [3.8, 4) is 5.75 Å². The van der Waals surface area contributed by atoms with E-state index in [1.165, 1.54) is 11.4 Å². The molecule has 7 nitrogen and oxygen atoms in total. The van der Waals surface area contributed by atoms with Crippen molar-refractivity contribution in [2.45, 2.75) is 43.8 Å². The van der Waals surface area contributed by atoms with Crippen molar-refractivity contribution in [3.05, 3.63) is 18.2 Å². The van der Waals surface area contributed by atoms with Crippen LogP contribution in [0.2, 0.25) is 0 Å². The number of methoxy groups -OCH3 is 1. The number of anilines is 2. The zero-order chi connectivity index (χ0) is 18.1. The third kappa shape index (κ3) is 3.87. The minimum atomic E-state index is -3.44. The van der Waals surface area contributed by atoms with Gasteiger partial charge >= 0.3 is 0 Å². The second-order valence-corrected chi connectivity index (χ2v) is 10.5. The molecule has 0 unspecified atom stereocenters. The van der Waals surface area contributed by atoms with Crippen molar-refractivity contribution < 1.29 is 21.6 Å². The van der Waals surface area contributed by atoms with Gasteiger partial charge in [0.05, 0.1) is 29.5 Å². The Kier molecular flexibility index (Phi) is 5.15. The van der Waals surface area contributed by atoms with Gasteiger partial charge in [0.25, 0.3) is 0 Å². The fourth-order valence-corrected chi connectivity index (χ4v) is 6.68. The van der Waals surface area contributed by atoms with E-state index in [4.69, 9.17) is 4.74 Å². The molecule has 140 valence electrons. The standard InChI is InChI=1S/C16H24N2O5S2/c1-23-16-12-13(17-25(21,22)14-6-2-3-7-14)8-9-15(16)18-10-4-5-11-24(18,19)20/h8-9,12,14,17H,2-7,10-11H2,1H3. The van der Waals surface area contributed by atoms with E-state index < -0.39 is 20.0 Å². The van der Waals surface area contributed by atoms with Crippen molar-refractivity contribution in [2.75, 3.05) is 28.4 Å². The van der Waals surface area contributed by atoms with Crippen LogP contribution in [0.25, 0.3) is 0 Å². The van der Waals surface area contributed by atoms with E-state index in [-0.39, 0.29) is 11.0 Å². The lowest BCUT2D eigenvalue weighted by molar-refractivity contribution is 0.415. The van der Waals surface area contributed by atoms with Crippen LogP contribution in [0.15, 0.2) is 18.2 Å². The number of sulfonamides is 2. The molecule has 1 heterocycles. The largest absolute Gasteiger partial charge is 0.494 e. The zero-order valence-corrected chi connectivity index (χ0v) is 15.9. The summed E-state index contributed by atoms with van der Waals surface area (Å²) in [5.74, 6) is 0.462. The van der Waals surface area contributed by atoms with Crippen LogP contribution in [0.3, 0.4) is 0 Å². The van der Waals surface area contributed by atoms with E-state index in [0.717, 1.165) is 19.3 Å². The van der Waals surface area contributed by atoms with Gasteiger partial charge in [-0.15, -0.1) is 0 Å². The van der Waals surface area contributed by atoms with E-state index in [2.05, 4.69) is 4.72 Å². The summed E-state index contributed by atoms with van der Waals surface area (Å²) in [6.07, 6.45) is 4.66. The highest BCUT2D eigenvalue weighted by molar-refractivity contribution is 7.93. The number of ether oxygens (including phenoxy) is 1. The molecule has 2 fully saturated rings. The molecule has 1 N–H and O–H groups in total. The lowest BCUT2D eigenvalue weighted by Gasteiger charge is -2.29. The molecule has 3 rings (SSSR count). The Hall–Kier alpha value is -1.48. The molecule has 0 amide bonds. The molecule has 0 atom stereocenters. The van der Waals surface area contributed by atoms with Crippen LogP contribution >= 0.6 is 0 Å². The molecule has 9 heteroatoms. The van der Waals surface area contributed by atoms with E-state index in [9.17, 15) is 16.8 Å². The summed E-state index contributed by atoms with van der Waals surface area (Å²) < 4.78 is 58.8. The zero-order valence-electron chi connectivity index (χ0n) is 14.3. The number of hydrogen-bond donors (Lipinski definition) is 1. The van der Waals surface area contributed by atoms with E-state index in [1.807, 2.05) is 0 Å². The molecule has 0 radical (unpaired) electrons. The molecule has 0 aromatic heterocycles. The molecule has 1 aliphatic carbocycles. The molecule has 1 aliphatic heterocycles. The highest BCUT2D eigenvalue weighted by Crippen LogP contribution is 2.35. The summed E-state index contributed by atoms with van der Waals surface area (Å²) in [7, 11) is -5.34. The molecule has 1 aromatic rings.